The molecule has 0 radical (unpaired) electrons. The van der Waals surface area contributed by atoms with Crippen molar-refractivity contribution >= 4 is 17.0 Å². The average molecular weight is 261 g/mol. The van der Waals surface area contributed by atoms with E-state index in [9.17, 15) is 0 Å². The third-order valence-electron chi connectivity index (χ3n) is 2.61. The van der Waals surface area contributed by atoms with Crippen LogP contribution in [0.15, 0.2) is 46.9 Å². The van der Waals surface area contributed by atoms with Crippen molar-refractivity contribution in [1.82, 2.24) is 0 Å². The minimum Gasteiger partial charge on any atom is -0.493 e. The van der Waals surface area contributed by atoms with Crippen LogP contribution in [0.1, 0.15) is 17.4 Å². The van der Waals surface area contributed by atoms with E-state index >= 15 is 0 Å². The Kier molecular flexibility index (Phi) is 4.36. The fourth-order valence-corrected chi connectivity index (χ4v) is 2.35. The molecule has 0 bridgehead atoms. The second-order valence-electron chi connectivity index (χ2n) is 3.86. The first-order valence-corrected chi connectivity index (χ1v) is 6.62. The second kappa shape index (κ2) is 6.21. The molecule has 94 valence electrons. The summed E-state index contributed by atoms with van der Waals surface area (Å²) in [5.74, 6) is 0.754. The standard InChI is InChI=1S/C14H15NO2S/c1-11(15-16)13-6-2-3-7-14(13)17-9-8-12-5-4-10-18-12/h2-7,10,16H,8-9H2,1H3. The first-order chi connectivity index (χ1) is 8.81. The molecule has 1 aromatic heterocycles. The zero-order valence-corrected chi connectivity index (χ0v) is 11.0. The molecule has 0 aliphatic heterocycles. The maximum Gasteiger partial charge on any atom is 0.128 e. The van der Waals surface area contributed by atoms with E-state index in [1.807, 2.05) is 30.3 Å². The SMILES string of the molecule is CC(=NO)c1ccccc1OCCc1cccs1. The predicted molar refractivity (Wildman–Crippen MR) is 74.0 cm³/mol. The monoisotopic (exact) mass is 261 g/mol. The highest BCUT2D eigenvalue weighted by Crippen LogP contribution is 2.19. The van der Waals surface area contributed by atoms with E-state index in [2.05, 4.69) is 16.6 Å². The van der Waals surface area contributed by atoms with Crippen LogP contribution in [0.2, 0.25) is 0 Å². The topological polar surface area (TPSA) is 41.8 Å². The first-order valence-electron chi connectivity index (χ1n) is 5.74. The molecular weight excluding hydrogens is 246 g/mol. The van der Waals surface area contributed by atoms with Gasteiger partial charge < -0.3 is 9.94 Å². The molecule has 0 saturated heterocycles. The largest absolute Gasteiger partial charge is 0.493 e. The molecule has 18 heavy (non-hydrogen) atoms. The Bertz CT molecular complexity index is 520. The number of hydrogen-bond acceptors (Lipinski definition) is 4. The predicted octanol–water partition coefficient (Wildman–Crippen LogP) is 3.57. The highest BCUT2D eigenvalue weighted by molar-refractivity contribution is 7.09. The quantitative estimate of drug-likeness (QED) is 0.508. The van der Waals surface area contributed by atoms with Crippen LogP contribution in [0, 0.1) is 0 Å². The van der Waals surface area contributed by atoms with Crippen LogP contribution in [0.25, 0.3) is 0 Å². The van der Waals surface area contributed by atoms with Gasteiger partial charge in [-0.1, -0.05) is 23.4 Å². The maximum atomic E-state index is 8.82. The van der Waals surface area contributed by atoms with Crippen LogP contribution in [0.4, 0.5) is 0 Å². The fourth-order valence-electron chi connectivity index (χ4n) is 1.66. The van der Waals surface area contributed by atoms with Gasteiger partial charge in [0.25, 0.3) is 0 Å². The van der Waals surface area contributed by atoms with E-state index in [4.69, 9.17) is 9.94 Å². The molecule has 0 amide bonds. The average Bonchev–Trinajstić information content (AvgIpc) is 2.92. The number of oxime groups is 1. The zero-order valence-electron chi connectivity index (χ0n) is 10.2. The van der Waals surface area contributed by atoms with E-state index in [0.717, 1.165) is 17.7 Å². The molecule has 2 rings (SSSR count). The zero-order chi connectivity index (χ0) is 12.8. The molecule has 0 unspecified atom stereocenters. The van der Waals surface area contributed by atoms with Gasteiger partial charge >= 0.3 is 0 Å². The summed E-state index contributed by atoms with van der Waals surface area (Å²) in [7, 11) is 0. The van der Waals surface area contributed by atoms with Crippen LogP contribution in [-0.4, -0.2) is 17.5 Å². The van der Waals surface area contributed by atoms with Crippen molar-refractivity contribution in [3.05, 3.63) is 52.2 Å². The molecule has 1 heterocycles. The lowest BCUT2D eigenvalue weighted by atomic mass is 10.1. The number of benzene rings is 1. The van der Waals surface area contributed by atoms with Gasteiger partial charge in [-0.05, 0) is 30.5 Å². The van der Waals surface area contributed by atoms with Crippen LogP contribution in [0.5, 0.6) is 5.75 Å². The number of rotatable bonds is 5. The maximum absolute atomic E-state index is 8.82. The molecule has 0 aliphatic rings. The Morgan fingerprint density at radius 2 is 2.11 bits per heavy atom. The normalized spacial score (nSPS) is 11.5. The number of hydrogen-bond donors (Lipinski definition) is 1. The fraction of sp³-hybridized carbons (Fsp3) is 0.214. The Morgan fingerprint density at radius 1 is 1.28 bits per heavy atom. The third kappa shape index (κ3) is 3.11. The van der Waals surface area contributed by atoms with Gasteiger partial charge in [0.1, 0.15) is 5.75 Å². The Balaban J connectivity index is 2.01. The van der Waals surface area contributed by atoms with E-state index in [1.165, 1.54) is 4.88 Å². The second-order valence-corrected chi connectivity index (χ2v) is 4.89. The van der Waals surface area contributed by atoms with Gasteiger partial charge in [-0.25, -0.2) is 0 Å². The van der Waals surface area contributed by atoms with Crippen molar-refractivity contribution in [1.29, 1.82) is 0 Å². The number of para-hydroxylation sites is 1. The molecule has 0 aliphatic carbocycles. The summed E-state index contributed by atoms with van der Waals surface area (Å²) in [6, 6.07) is 11.7. The Hall–Kier alpha value is -1.81. The molecule has 1 N–H and O–H groups in total. The van der Waals surface area contributed by atoms with Crippen molar-refractivity contribution in [2.24, 2.45) is 5.16 Å². The minimum atomic E-state index is 0.557. The third-order valence-corrected chi connectivity index (χ3v) is 3.55. The number of thiophene rings is 1. The van der Waals surface area contributed by atoms with Gasteiger partial charge in [0.2, 0.25) is 0 Å². The smallest absolute Gasteiger partial charge is 0.128 e. The molecule has 3 nitrogen and oxygen atoms in total. The van der Waals surface area contributed by atoms with Gasteiger partial charge in [0.15, 0.2) is 0 Å². The molecule has 0 fully saturated rings. The molecule has 2 aromatic rings. The molecule has 4 heteroatoms. The van der Waals surface area contributed by atoms with Gasteiger partial charge in [-0.3, -0.25) is 0 Å². The Labute approximate surface area is 110 Å². The summed E-state index contributed by atoms with van der Waals surface area (Å²) >= 11 is 1.73. The van der Waals surface area contributed by atoms with Gasteiger partial charge in [-0.15, -0.1) is 11.3 Å². The highest BCUT2D eigenvalue weighted by atomic mass is 32.1. The lowest BCUT2D eigenvalue weighted by Gasteiger charge is -2.10. The van der Waals surface area contributed by atoms with Crippen molar-refractivity contribution in [3.63, 3.8) is 0 Å². The van der Waals surface area contributed by atoms with Crippen LogP contribution < -0.4 is 4.74 Å². The molecular formula is C14H15NO2S. The van der Waals surface area contributed by atoms with Gasteiger partial charge in [-0.2, -0.15) is 0 Å². The molecule has 1 aromatic carbocycles. The summed E-state index contributed by atoms with van der Waals surface area (Å²) in [5, 5.41) is 14.1. The summed E-state index contributed by atoms with van der Waals surface area (Å²) in [5.41, 5.74) is 1.38. The molecule has 0 saturated carbocycles. The molecule has 0 spiro atoms. The van der Waals surface area contributed by atoms with E-state index in [0.29, 0.717) is 12.3 Å². The summed E-state index contributed by atoms with van der Waals surface area (Å²) in [4.78, 5) is 1.31. The van der Waals surface area contributed by atoms with E-state index < -0.39 is 0 Å². The lowest BCUT2D eigenvalue weighted by Crippen LogP contribution is -2.05. The Morgan fingerprint density at radius 3 is 2.83 bits per heavy atom. The van der Waals surface area contributed by atoms with Crippen LogP contribution in [0.3, 0.4) is 0 Å². The van der Waals surface area contributed by atoms with Crippen LogP contribution >= 0.6 is 11.3 Å². The van der Waals surface area contributed by atoms with Crippen molar-refractivity contribution in [3.8, 4) is 5.75 Å². The van der Waals surface area contributed by atoms with E-state index in [-0.39, 0.29) is 0 Å². The van der Waals surface area contributed by atoms with Gasteiger partial charge in [0.05, 0.1) is 12.3 Å². The molecule has 0 atom stereocenters. The first kappa shape index (κ1) is 12.6. The van der Waals surface area contributed by atoms with E-state index in [1.54, 1.807) is 18.3 Å². The summed E-state index contributed by atoms with van der Waals surface area (Å²) < 4.78 is 5.75. The number of ether oxygens (including phenoxy) is 1. The van der Waals surface area contributed by atoms with Crippen LogP contribution in [-0.2, 0) is 6.42 Å². The number of nitrogens with zero attached hydrogens (tertiary/aromatic N) is 1. The van der Waals surface area contributed by atoms with Crippen molar-refractivity contribution < 1.29 is 9.94 Å². The van der Waals surface area contributed by atoms with Crippen molar-refractivity contribution in [2.45, 2.75) is 13.3 Å². The summed E-state index contributed by atoms with van der Waals surface area (Å²) in [6.07, 6.45) is 0.890. The highest BCUT2D eigenvalue weighted by Gasteiger charge is 2.06. The summed E-state index contributed by atoms with van der Waals surface area (Å²) in [6.45, 7) is 2.37. The van der Waals surface area contributed by atoms with Gasteiger partial charge in [0, 0.05) is 16.9 Å². The van der Waals surface area contributed by atoms with Crippen molar-refractivity contribution in [2.75, 3.05) is 6.61 Å². The minimum absolute atomic E-state index is 0.557. The lowest BCUT2D eigenvalue weighted by molar-refractivity contribution is 0.314.